The summed E-state index contributed by atoms with van der Waals surface area (Å²) in [5.74, 6) is 0. The van der Waals surface area contributed by atoms with Crippen LogP contribution in [-0.4, -0.2) is 9.97 Å². The fraction of sp³-hybridized carbons (Fsp3) is 0. The number of nitrogens with zero attached hydrogens (tertiary/aromatic N) is 2. The number of rotatable bonds is 2. The second-order valence-electron chi connectivity index (χ2n) is 14.9. The minimum absolute atomic E-state index is 1.15. The van der Waals surface area contributed by atoms with Crippen LogP contribution in [0.4, 0.5) is 0 Å². The summed E-state index contributed by atoms with van der Waals surface area (Å²) in [6.45, 7) is 0. The first kappa shape index (κ1) is 30.6. The largest absolute Gasteiger partial charge is 0.263 e. The van der Waals surface area contributed by atoms with Gasteiger partial charge in [-0.25, -0.2) is 0 Å². The number of fused-ring (bicyclic) bond motifs is 14. The topological polar surface area (TPSA) is 25.8 Å². The summed E-state index contributed by atoms with van der Waals surface area (Å²) in [5, 5.41) is 19.9. The molecule has 13 aromatic rings. The molecule has 0 N–H and O–H groups in total. The number of aromatic nitrogens is 2. The van der Waals surface area contributed by atoms with Crippen LogP contribution in [0.2, 0.25) is 0 Å². The summed E-state index contributed by atoms with van der Waals surface area (Å²) in [4.78, 5) is 9.55. The molecule has 9 aromatic carbocycles. The van der Waals surface area contributed by atoms with Crippen molar-refractivity contribution in [2.75, 3.05) is 0 Å². The maximum Gasteiger partial charge on any atom is 0.0362 e. The van der Waals surface area contributed by atoms with Crippen molar-refractivity contribution in [3.63, 3.8) is 0 Å². The molecule has 4 heterocycles. The average Bonchev–Trinajstić information content (AvgIpc) is 3.81. The molecule has 0 unspecified atom stereocenters. The van der Waals surface area contributed by atoms with Crippen molar-refractivity contribution in [1.82, 2.24) is 9.97 Å². The van der Waals surface area contributed by atoms with Gasteiger partial charge in [0.1, 0.15) is 0 Å². The molecule has 0 radical (unpaired) electrons. The van der Waals surface area contributed by atoms with Crippen LogP contribution in [0.3, 0.4) is 0 Å². The van der Waals surface area contributed by atoms with E-state index in [1.807, 2.05) is 35.1 Å². The third kappa shape index (κ3) is 4.31. The summed E-state index contributed by atoms with van der Waals surface area (Å²) < 4.78 is 5.24. The molecule has 2 nitrogen and oxygen atoms in total. The summed E-state index contributed by atoms with van der Waals surface area (Å²) in [6.07, 6.45) is 8.06. The summed E-state index contributed by atoms with van der Waals surface area (Å²) in [5.41, 5.74) is 4.74. The van der Waals surface area contributed by atoms with Gasteiger partial charge in [0.05, 0.1) is 0 Å². The monoisotopic (exact) mass is 744 g/mol. The molecule has 0 saturated heterocycles. The third-order valence-electron chi connectivity index (χ3n) is 11.9. The first-order chi connectivity index (χ1) is 27.7. The van der Waals surface area contributed by atoms with E-state index in [1.54, 1.807) is 0 Å². The van der Waals surface area contributed by atoms with Gasteiger partial charge in [-0.2, -0.15) is 0 Å². The predicted octanol–water partition coefficient (Wildman–Crippen LogP) is 15.5. The fourth-order valence-corrected chi connectivity index (χ4v) is 11.6. The van der Waals surface area contributed by atoms with E-state index in [0.717, 1.165) is 21.9 Å². The summed E-state index contributed by atoms with van der Waals surface area (Å²) >= 11 is 3.76. The van der Waals surface area contributed by atoms with Gasteiger partial charge in [-0.05, 0) is 126 Å². The lowest BCUT2D eigenvalue weighted by Gasteiger charge is -2.17. The number of pyridine rings is 2. The maximum atomic E-state index is 4.77. The lowest BCUT2D eigenvalue weighted by molar-refractivity contribution is 1.36. The highest BCUT2D eigenvalue weighted by Crippen LogP contribution is 2.47. The second-order valence-corrected chi connectivity index (χ2v) is 17.1. The maximum absolute atomic E-state index is 4.77. The van der Waals surface area contributed by atoms with Crippen molar-refractivity contribution < 1.29 is 0 Å². The Morgan fingerprint density at radius 1 is 0.250 bits per heavy atom. The van der Waals surface area contributed by atoms with Gasteiger partial charge in [0.15, 0.2) is 0 Å². The van der Waals surface area contributed by atoms with Crippen LogP contribution >= 0.6 is 22.7 Å². The minimum atomic E-state index is 1.15. The lowest BCUT2D eigenvalue weighted by Crippen LogP contribution is -1.90. The molecule has 0 amide bonds. The van der Waals surface area contributed by atoms with E-state index < -0.39 is 0 Å². The van der Waals surface area contributed by atoms with E-state index in [9.17, 15) is 0 Å². The predicted molar refractivity (Wildman–Crippen MR) is 244 cm³/mol. The van der Waals surface area contributed by atoms with Gasteiger partial charge in [0.25, 0.3) is 0 Å². The van der Waals surface area contributed by atoms with Crippen molar-refractivity contribution in [3.05, 3.63) is 170 Å². The van der Waals surface area contributed by atoms with Gasteiger partial charge in [-0.1, -0.05) is 84.9 Å². The van der Waals surface area contributed by atoms with E-state index in [-0.39, 0.29) is 0 Å². The van der Waals surface area contributed by atoms with E-state index in [4.69, 9.17) is 9.97 Å². The van der Waals surface area contributed by atoms with Gasteiger partial charge >= 0.3 is 0 Å². The van der Waals surface area contributed by atoms with Crippen molar-refractivity contribution >= 4 is 128 Å². The van der Waals surface area contributed by atoms with Crippen LogP contribution in [0, 0.1) is 0 Å². The van der Waals surface area contributed by atoms with Crippen molar-refractivity contribution in [1.29, 1.82) is 0 Å². The van der Waals surface area contributed by atoms with E-state index in [2.05, 4.69) is 158 Å². The SMILES string of the molecule is c1ccc2c(-c3cc4cc5c(cc(-c6cncc7ccccc67)c6cc7c(cc65)sc5ccccc57)cc4c4cc5sc6ccccc6c5cc34)cncc2c1. The van der Waals surface area contributed by atoms with Crippen molar-refractivity contribution in [2.45, 2.75) is 0 Å². The van der Waals surface area contributed by atoms with Crippen LogP contribution in [0.25, 0.3) is 127 Å². The Morgan fingerprint density at radius 2 is 0.679 bits per heavy atom. The number of benzene rings is 9. The zero-order chi connectivity index (χ0) is 36.5. The first-order valence-electron chi connectivity index (χ1n) is 18.9. The molecule has 0 aliphatic heterocycles. The summed E-state index contributed by atoms with van der Waals surface area (Å²) in [7, 11) is 0. The average molecular weight is 745 g/mol. The highest BCUT2D eigenvalue weighted by atomic mass is 32.1. The smallest absolute Gasteiger partial charge is 0.0362 e. The van der Waals surface area contributed by atoms with Crippen LogP contribution in [0.5, 0.6) is 0 Å². The van der Waals surface area contributed by atoms with Gasteiger partial charge < -0.3 is 0 Å². The Morgan fingerprint density at radius 3 is 1.16 bits per heavy atom. The Kier molecular flexibility index (Phi) is 6.23. The van der Waals surface area contributed by atoms with Gasteiger partial charge in [0, 0.05) is 87.0 Å². The van der Waals surface area contributed by atoms with Crippen molar-refractivity contribution in [3.8, 4) is 22.3 Å². The summed E-state index contributed by atoms with van der Waals surface area (Å²) in [6, 6.07) is 54.4. The third-order valence-corrected chi connectivity index (χ3v) is 14.2. The zero-order valence-corrected chi connectivity index (χ0v) is 31.5. The minimum Gasteiger partial charge on any atom is -0.263 e. The molecular formula is C52H28N2S2. The van der Waals surface area contributed by atoms with E-state index >= 15 is 0 Å². The Labute approximate surface area is 328 Å². The molecular weight excluding hydrogens is 717 g/mol. The Bertz CT molecular complexity index is 3570. The molecule has 258 valence electrons. The molecule has 56 heavy (non-hydrogen) atoms. The normalized spacial score (nSPS) is 12.3. The second kappa shape index (κ2) is 11.4. The fourth-order valence-electron chi connectivity index (χ4n) is 9.35. The molecule has 0 bridgehead atoms. The number of thiophene rings is 2. The molecule has 4 heteroatoms. The molecule has 0 aliphatic carbocycles. The van der Waals surface area contributed by atoms with Crippen LogP contribution in [0.1, 0.15) is 0 Å². The molecule has 0 saturated carbocycles. The standard InChI is InChI=1S/C52H28N2S2/c1-3-11-33-29(9-1)25-53-27-47(33)39-19-31-17-38-32(18-37(31)43-23-51-45(21-41(39)43)35-13-5-7-15-49(35)55-51)20-40(48-28-54-26-30-10-2-4-12-34(30)48)42-22-46-36-14-6-8-16-50(36)56-52(46)24-44(38)42/h1-28H. The first-order valence-corrected chi connectivity index (χ1v) is 20.6. The Hall–Kier alpha value is -6.72. The highest BCUT2D eigenvalue weighted by molar-refractivity contribution is 7.26. The van der Waals surface area contributed by atoms with E-state index in [1.165, 1.54) is 105 Å². The van der Waals surface area contributed by atoms with Gasteiger partial charge in [-0.15, -0.1) is 22.7 Å². The number of hydrogen-bond acceptors (Lipinski definition) is 4. The zero-order valence-electron chi connectivity index (χ0n) is 29.9. The van der Waals surface area contributed by atoms with Gasteiger partial charge in [-0.3, -0.25) is 9.97 Å². The molecule has 0 spiro atoms. The molecule has 0 atom stereocenters. The molecule has 0 aliphatic rings. The molecule has 0 fully saturated rings. The number of hydrogen-bond donors (Lipinski definition) is 0. The van der Waals surface area contributed by atoms with Crippen LogP contribution < -0.4 is 0 Å². The van der Waals surface area contributed by atoms with Crippen LogP contribution in [-0.2, 0) is 0 Å². The van der Waals surface area contributed by atoms with Crippen molar-refractivity contribution in [2.24, 2.45) is 0 Å². The van der Waals surface area contributed by atoms with E-state index in [0.29, 0.717) is 0 Å². The van der Waals surface area contributed by atoms with Gasteiger partial charge in [0.2, 0.25) is 0 Å². The van der Waals surface area contributed by atoms with Crippen LogP contribution in [0.15, 0.2) is 170 Å². The quantitative estimate of drug-likeness (QED) is 0.130. The lowest BCUT2D eigenvalue weighted by atomic mass is 9.87. The Balaban J connectivity index is 1.21. The molecule has 13 rings (SSSR count). The highest BCUT2D eigenvalue weighted by Gasteiger charge is 2.19. The molecule has 4 aromatic heterocycles.